The molecule has 1 unspecified atom stereocenters. The molecule has 0 bridgehead atoms. The minimum atomic E-state index is -0.928. The molecule has 31 heavy (non-hydrogen) atoms. The van der Waals surface area contributed by atoms with Crippen LogP contribution in [0.1, 0.15) is 56.1 Å². The van der Waals surface area contributed by atoms with Crippen LogP contribution in [-0.2, 0) is 9.59 Å². The van der Waals surface area contributed by atoms with Gasteiger partial charge in [0.15, 0.2) is 0 Å². The molecule has 2 aromatic rings. The summed E-state index contributed by atoms with van der Waals surface area (Å²) in [5.41, 5.74) is 3.12. The smallest absolute Gasteiger partial charge is 0.305 e. The summed E-state index contributed by atoms with van der Waals surface area (Å²) in [4.78, 5) is 31.8. The highest BCUT2D eigenvalue weighted by Gasteiger charge is 2.37. The zero-order chi connectivity index (χ0) is 21.8. The summed E-state index contributed by atoms with van der Waals surface area (Å²) in [6.07, 6.45) is 6.37. The lowest BCUT2D eigenvalue weighted by atomic mass is 9.91. The summed E-state index contributed by atoms with van der Waals surface area (Å²) in [5, 5.41) is 9.84. The van der Waals surface area contributed by atoms with Crippen molar-refractivity contribution in [2.75, 3.05) is 11.4 Å². The molecule has 1 N–H and O–H groups in total. The standard InChI is InChI=1S/C25H27ClN2O3/c26-19-12-13-21-20(16-19)23(17-8-6-3-7-9-17)27-24(18-10-4-1-2-5-11-18)25(31)28(21)15-14-22(29)30/h3,6-9,12-13,16,18,24H,1-2,4-5,10-11,14-15H2,(H,29,30). The van der Waals surface area contributed by atoms with E-state index in [1.54, 1.807) is 11.0 Å². The number of amides is 1. The zero-order valence-corrected chi connectivity index (χ0v) is 18.2. The number of benzodiazepines with no additional fused rings is 1. The number of anilines is 1. The fraction of sp³-hybridized carbons (Fsp3) is 0.400. The number of rotatable bonds is 5. The van der Waals surface area contributed by atoms with Crippen LogP contribution < -0.4 is 4.90 Å². The van der Waals surface area contributed by atoms with Crippen molar-refractivity contribution >= 4 is 34.9 Å². The Hall–Kier alpha value is -2.66. The summed E-state index contributed by atoms with van der Waals surface area (Å²) in [7, 11) is 0. The first kappa shape index (κ1) is 21.6. The third-order valence-corrected chi connectivity index (χ3v) is 6.47. The van der Waals surface area contributed by atoms with Crippen molar-refractivity contribution in [2.45, 2.75) is 51.0 Å². The Morgan fingerprint density at radius 1 is 1.06 bits per heavy atom. The van der Waals surface area contributed by atoms with E-state index in [0.29, 0.717) is 10.7 Å². The van der Waals surface area contributed by atoms with Gasteiger partial charge in [-0.25, -0.2) is 0 Å². The van der Waals surface area contributed by atoms with E-state index in [9.17, 15) is 14.7 Å². The van der Waals surface area contributed by atoms with Crippen molar-refractivity contribution in [1.29, 1.82) is 0 Å². The Kier molecular flexibility index (Phi) is 6.71. The van der Waals surface area contributed by atoms with E-state index in [-0.39, 0.29) is 24.8 Å². The molecule has 0 saturated heterocycles. The van der Waals surface area contributed by atoms with Crippen molar-refractivity contribution in [3.8, 4) is 0 Å². The molecule has 1 atom stereocenters. The molecule has 1 fully saturated rings. The largest absolute Gasteiger partial charge is 0.481 e. The van der Waals surface area contributed by atoms with E-state index in [0.717, 1.165) is 42.5 Å². The van der Waals surface area contributed by atoms with Gasteiger partial charge in [-0.05, 0) is 37.0 Å². The number of hydrogen-bond acceptors (Lipinski definition) is 3. The summed E-state index contributed by atoms with van der Waals surface area (Å²) < 4.78 is 0. The number of benzene rings is 2. The molecule has 162 valence electrons. The second-order valence-corrected chi connectivity index (χ2v) is 8.77. The van der Waals surface area contributed by atoms with Crippen LogP contribution in [0, 0.1) is 5.92 Å². The molecule has 1 amide bonds. The monoisotopic (exact) mass is 438 g/mol. The van der Waals surface area contributed by atoms with Crippen LogP contribution in [0.25, 0.3) is 0 Å². The molecular formula is C25H27ClN2O3. The van der Waals surface area contributed by atoms with Crippen molar-refractivity contribution in [2.24, 2.45) is 10.9 Å². The summed E-state index contributed by atoms with van der Waals surface area (Å²) in [5.74, 6) is -0.878. The maximum Gasteiger partial charge on any atom is 0.305 e. The van der Waals surface area contributed by atoms with Gasteiger partial charge in [0.1, 0.15) is 6.04 Å². The molecule has 1 aliphatic carbocycles. The van der Waals surface area contributed by atoms with Crippen molar-refractivity contribution in [3.63, 3.8) is 0 Å². The number of aliphatic imine (C=N–C) groups is 1. The second kappa shape index (κ2) is 9.65. The predicted octanol–water partition coefficient (Wildman–Crippen LogP) is 5.34. The lowest BCUT2D eigenvalue weighted by Gasteiger charge is -2.28. The van der Waals surface area contributed by atoms with Crippen molar-refractivity contribution in [3.05, 3.63) is 64.7 Å². The maximum atomic E-state index is 13.8. The molecule has 5 nitrogen and oxygen atoms in total. The van der Waals surface area contributed by atoms with E-state index >= 15 is 0 Å². The highest BCUT2D eigenvalue weighted by molar-refractivity contribution is 6.32. The number of hydrogen-bond donors (Lipinski definition) is 1. The van der Waals surface area contributed by atoms with Gasteiger partial charge in [-0.2, -0.15) is 0 Å². The third-order valence-electron chi connectivity index (χ3n) is 6.23. The maximum absolute atomic E-state index is 13.8. The van der Waals surface area contributed by atoms with Gasteiger partial charge in [0, 0.05) is 22.7 Å². The van der Waals surface area contributed by atoms with Gasteiger partial charge in [0.05, 0.1) is 17.8 Å². The van der Waals surface area contributed by atoms with E-state index in [2.05, 4.69) is 0 Å². The predicted molar refractivity (Wildman–Crippen MR) is 123 cm³/mol. The van der Waals surface area contributed by atoms with Gasteiger partial charge >= 0.3 is 5.97 Å². The Morgan fingerprint density at radius 2 is 1.77 bits per heavy atom. The van der Waals surface area contributed by atoms with Crippen LogP contribution in [0.5, 0.6) is 0 Å². The molecule has 4 rings (SSSR count). The first-order chi connectivity index (χ1) is 15.0. The molecule has 1 saturated carbocycles. The Balaban J connectivity index is 1.87. The third kappa shape index (κ3) is 4.82. The molecular weight excluding hydrogens is 412 g/mol. The van der Waals surface area contributed by atoms with Crippen LogP contribution in [0.15, 0.2) is 53.5 Å². The first-order valence-corrected chi connectivity index (χ1v) is 11.4. The lowest BCUT2D eigenvalue weighted by molar-refractivity contribution is -0.136. The minimum Gasteiger partial charge on any atom is -0.481 e. The number of halogens is 1. The highest BCUT2D eigenvalue weighted by atomic mass is 35.5. The van der Waals surface area contributed by atoms with Gasteiger partial charge in [-0.1, -0.05) is 67.6 Å². The number of aliphatic carboxylic acids is 1. The molecule has 2 aromatic carbocycles. The molecule has 2 aliphatic rings. The average molecular weight is 439 g/mol. The fourth-order valence-electron chi connectivity index (χ4n) is 4.67. The van der Waals surface area contributed by atoms with Crippen LogP contribution in [-0.4, -0.2) is 35.3 Å². The number of nitrogens with zero attached hydrogens (tertiary/aromatic N) is 2. The summed E-state index contributed by atoms with van der Waals surface area (Å²) >= 11 is 6.35. The van der Waals surface area contributed by atoms with Gasteiger partial charge in [0.25, 0.3) is 5.91 Å². The molecule has 0 radical (unpaired) electrons. The normalized spacial score (nSPS) is 19.9. The number of carboxylic acid groups (broad SMARTS) is 1. The van der Waals surface area contributed by atoms with Crippen LogP contribution in [0.2, 0.25) is 5.02 Å². The van der Waals surface area contributed by atoms with E-state index < -0.39 is 12.0 Å². The highest BCUT2D eigenvalue weighted by Crippen LogP contribution is 2.35. The van der Waals surface area contributed by atoms with Gasteiger partial charge < -0.3 is 10.0 Å². The number of carbonyl (C=O) groups is 2. The summed E-state index contributed by atoms with van der Waals surface area (Å²) in [6.45, 7) is 0.115. The number of fused-ring (bicyclic) bond motifs is 1. The second-order valence-electron chi connectivity index (χ2n) is 8.34. The van der Waals surface area contributed by atoms with Crippen molar-refractivity contribution in [1.82, 2.24) is 0 Å². The van der Waals surface area contributed by atoms with E-state index in [4.69, 9.17) is 16.6 Å². The van der Waals surface area contributed by atoms with Gasteiger partial charge in [-0.15, -0.1) is 0 Å². The van der Waals surface area contributed by atoms with Crippen molar-refractivity contribution < 1.29 is 14.7 Å². The van der Waals surface area contributed by atoms with E-state index in [1.807, 2.05) is 42.5 Å². The minimum absolute atomic E-state index is 0.109. The molecule has 6 heteroatoms. The Bertz CT molecular complexity index is 982. The van der Waals surface area contributed by atoms with E-state index in [1.165, 1.54) is 12.8 Å². The molecule has 1 heterocycles. The zero-order valence-electron chi connectivity index (χ0n) is 17.5. The van der Waals surface area contributed by atoms with Crippen LogP contribution in [0.3, 0.4) is 0 Å². The molecule has 0 aromatic heterocycles. The topological polar surface area (TPSA) is 70.0 Å². The average Bonchev–Trinajstić information content (AvgIpc) is 3.10. The van der Waals surface area contributed by atoms with Gasteiger partial charge in [-0.3, -0.25) is 14.6 Å². The molecule has 1 aliphatic heterocycles. The molecule has 0 spiro atoms. The lowest BCUT2D eigenvalue weighted by Crippen LogP contribution is -2.42. The summed E-state index contributed by atoms with van der Waals surface area (Å²) in [6, 6.07) is 14.7. The Morgan fingerprint density at radius 3 is 2.45 bits per heavy atom. The Labute approximate surface area is 187 Å². The van der Waals surface area contributed by atoms with Crippen LogP contribution >= 0.6 is 11.6 Å². The number of carbonyl (C=O) groups excluding carboxylic acids is 1. The first-order valence-electron chi connectivity index (χ1n) is 11.0. The van der Waals surface area contributed by atoms with Gasteiger partial charge in [0.2, 0.25) is 0 Å². The SMILES string of the molecule is O=C(O)CCN1C(=O)C(C2CCCCCC2)N=C(c2ccccc2)c2cc(Cl)ccc21. The number of carboxylic acids is 1. The quantitative estimate of drug-likeness (QED) is 0.640. The fourth-order valence-corrected chi connectivity index (χ4v) is 4.85. The van der Waals surface area contributed by atoms with Crippen LogP contribution in [0.4, 0.5) is 5.69 Å².